The van der Waals surface area contributed by atoms with Crippen LogP contribution in [0.15, 0.2) is 52.9 Å². The van der Waals surface area contributed by atoms with E-state index in [1.165, 1.54) is 11.3 Å². The molecule has 0 radical (unpaired) electrons. The van der Waals surface area contributed by atoms with Crippen molar-refractivity contribution in [2.45, 2.75) is 6.54 Å². The second kappa shape index (κ2) is 5.24. The first-order chi connectivity index (χ1) is 9.34. The highest BCUT2D eigenvalue weighted by molar-refractivity contribution is 7.16. The van der Waals surface area contributed by atoms with E-state index in [0.29, 0.717) is 18.5 Å². The lowest BCUT2D eigenvalue weighted by Crippen LogP contribution is -2.23. The van der Waals surface area contributed by atoms with Crippen molar-refractivity contribution in [3.8, 4) is 0 Å². The van der Waals surface area contributed by atoms with Crippen molar-refractivity contribution >= 4 is 27.2 Å². The van der Waals surface area contributed by atoms with Crippen LogP contribution in [0, 0.1) is 0 Å². The van der Waals surface area contributed by atoms with Crippen LogP contribution in [0.5, 0.6) is 0 Å². The van der Waals surface area contributed by atoms with Gasteiger partial charge in [-0.2, -0.15) is 0 Å². The van der Waals surface area contributed by atoms with Crippen LogP contribution in [0.2, 0.25) is 0 Å². The third-order valence-corrected chi connectivity index (χ3v) is 3.73. The van der Waals surface area contributed by atoms with Crippen molar-refractivity contribution in [3.63, 3.8) is 0 Å². The van der Waals surface area contributed by atoms with Gasteiger partial charge in [-0.1, -0.05) is 18.2 Å². The quantitative estimate of drug-likeness (QED) is 0.793. The zero-order valence-corrected chi connectivity index (χ0v) is 11.1. The molecular weight excluding hydrogens is 258 g/mol. The number of aromatic nitrogens is 2. The highest BCUT2D eigenvalue weighted by Crippen LogP contribution is 2.13. The molecule has 3 aromatic rings. The molecule has 0 unspecified atom stereocenters. The fourth-order valence-electron chi connectivity index (χ4n) is 1.93. The minimum atomic E-state index is 0.0288. The molecule has 96 valence electrons. The predicted octanol–water partition coefficient (Wildman–Crippen LogP) is 2.57. The molecule has 0 bridgehead atoms. The standard InChI is InChI=1S/C14H13N3OS/c18-14-12-6-9-19-13(12)16-10-17(14)8-7-15-11-4-2-1-3-5-11/h1-6,9-10,15H,7-8H2. The Morgan fingerprint density at radius 3 is 2.89 bits per heavy atom. The number of nitrogens with zero attached hydrogens (tertiary/aromatic N) is 2. The maximum atomic E-state index is 12.1. The molecule has 0 fully saturated rings. The molecule has 2 heterocycles. The maximum absolute atomic E-state index is 12.1. The van der Waals surface area contributed by atoms with Crippen LogP contribution in [-0.4, -0.2) is 16.1 Å². The summed E-state index contributed by atoms with van der Waals surface area (Å²) in [5.74, 6) is 0. The Hall–Kier alpha value is -2.14. The molecule has 2 aromatic heterocycles. The van der Waals surface area contributed by atoms with Gasteiger partial charge in [0.05, 0.1) is 11.7 Å². The van der Waals surface area contributed by atoms with Gasteiger partial charge in [-0.15, -0.1) is 11.3 Å². The number of hydrogen-bond donors (Lipinski definition) is 1. The van der Waals surface area contributed by atoms with Gasteiger partial charge in [0.15, 0.2) is 0 Å². The van der Waals surface area contributed by atoms with Crippen molar-refractivity contribution in [1.82, 2.24) is 9.55 Å². The Bertz CT molecular complexity index is 733. The summed E-state index contributed by atoms with van der Waals surface area (Å²) >= 11 is 1.49. The van der Waals surface area contributed by atoms with E-state index in [-0.39, 0.29) is 5.56 Å². The fourth-order valence-corrected chi connectivity index (χ4v) is 2.65. The zero-order valence-electron chi connectivity index (χ0n) is 10.2. The normalized spacial score (nSPS) is 10.7. The third-order valence-electron chi connectivity index (χ3n) is 2.91. The number of para-hydroxylation sites is 1. The lowest BCUT2D eigenvalue weighted by molar-refractivity contribution is 0.690. The van der Waals surface area contributed by atoms with E-state index in [1.54, 1.807) is 10.9 Å². The highest BCUT2D eigenvalue weighted by atomic mass is 32.1. The molecule has 0 aliphatic heterocycles. The van der Waals surface area contributed by atoms with Crippen molar-refractivity contribution in [1.29, 1.82) is 0 Å². The number of anilines is 1. The van der Waals surface area contributed by atoms with Crippen LogP contribution in [0.3, 0.4) is 0 Å². The minimum absolute atomic E-state index is 0.0288. The summed E-state index contributed by atoms with van der Waals surface area (Å²) in [7, 11) is 0. The predicted molar refractivity (Wildman–Crippen MR) is 78.8 cm³/mol. The first kappa shape index (κ1) is 11.9. The summed E-state index contributed by atoms with van der Waals surface area (Å²) < 4.78 is 1.64. The lowest BCUT2D eigenvalue weighted by atomic mass is 10.3. The molecule has 1 N–H and O–H groups in total. The first-order valence-electron chi connectivity index (χ1n) is 6.06. The summed E-state index contributed by atoms with van der Waals surface area (Å²) in [6.07, 6.45) is 1.62. The molecule has 0 saturated carbocycles. The van der Waals surface area contributed by atoms with Gasteiger partial charge < -0.3 is 5.32 Å². The summed E-state index contributed by atoms with van der Waals surface area (Å²) in [5, 5.41) is 5.87. The molecule has 0 saturated heterocycles. The second-order valence-electron chi connectivity index (χ2n) is 4.18. The average molecular weight is 271 g/mol. The molecule has 0 amide bonds. The fraction of sp³-hybridized carbons (Fsp3) is 0.143. The molecule has 1 aromatic carbocycles. The minimum Gasteiger partial charge on any atom is -0.383 e. The van der Waals surface area contributed by atoms with E-state index in [1.807, 2.05) is 41.8 Å². The smallest absolute Gasteiger partial charge is 0.262 e. The third kappa shape index (κ3) is 2.51. The van der Waals surface area contributed by atoms with Crippen molar-refractivity contribution in [3.05, 3.63) is 58.5 Å². The summed E-state index contributed by atoms with van der Waals surface area (Å²) in [5.41, 5.74) is 1.08. The van der Waals surface area contributed by atoms with Gasteiger partial charge >= 0.3 is 0 Å². The Morgan fingerprint density at radius 2 is 2.05 bits per heavy atom. The lowest BCUT2D eigenvalue weighted by Gasteiger charge is -2.07. The molecule has 3 rings (SSSR count). The summed E-state index contributed by atoms with van der Waals surface area (Å²) in [4.78, 5) is 17.2. The molecule has 0 aliphatic rings. The molecule has 0 aliphatic carbocycles. The number of hydrogen-bond acceptors (Lipinski definition) is 4. The van der Waals surface area contributed by atoms with Gasteiger partial charge in [0.25, 0.3) is 5.56 Å². The van der Waals surface area contributed by atoms with Crippen molar-refractivity contribution < 1.29 is 0 Å². The van der Waals surface area contributed by atoms with Crippen LogP contribution in [0.1, 0.15) is 0 Å². The second-order valence-corrected chi connectivity index (χ2v) is 5.07. The number of rotatable bonds is 4. The summed E-state index contributed by atoms with van der Waals surface area (Å²) in [6, 6.07) is 11.8. The Balaban J connectivity index is 1.72. The van der Waals surface area contributed by atoms with E-state index in [9.17, 15) is 4.79 Å². The molecule has 5 heteroatoms. The molecule has 0 atom stereocenters. The molecule has 4 nitrogen and oxygen atoms in total. The van der Waals surface area contributed by atoms with Crippen LogP contribution in [0.4, 0.5) is 5.69 Å². The number of thiophene rings is 1. The van der Waals surface area contributed by atoms with Gasteiger partial charge in [0.1, 0.15) is 4.83 Å². The number of fused-ring (bicyclic) bond motifs is 1. The van der Waals surface area contributed by atoms with E-state index in [2.05, 4.69) is 10.3 Å². The van der Waals surface area contributed by atoms with Crippen LogP contribution in [-0.2, 0) is 6.54 Å². The van der Waals surface area contributed by atoms with Crippen LogP contribution < -0.4 is 10.9 Å². The number of nitrogens with one attached hydrogen (secondary N) is 1. The Kier molecular flexibility index (Phi) is 3.29. The van der Waals surface area contributed by atoms with E-state index >= 15 is 0 Å². The van der Waals surface area contributed by atoms with Gasteiger partial charge in [-0.05, 0) is 23.6 Å². The Morgan fingerprint density at radius 1 is 1.21 bits per heavy atom. The monoisotopic (exact) mass is 271 g/mol. The van der Waals surface area contributed by atoms with Gasteiger partial charge in [-0.3, -0.25) is 9.36 Å². The van der Waals surface area contributed by atoms with Gasteiger partial charge in [0, 0.05) is 18.8 Å². The first-order valence-corrected chi connectivity index (χ1v) is 6.94. The van der Waals surface area contributed by atoms with Gasteiger partial charge in [-0.25, -0.2) is 4.98 Å². The van der Waals surface area contributed by atoms with Gasteiger partial charge in [0.2, 0.25) is 0 Å². The van der Waals surface area contributed by atoms with Crippen molar-refractivity contribution in [2.24, 2.45) is 0 Å². The highest BCUT2D eigenvalue weighted by Gasteiger charge is 2.04. The molecule has 19 heavy (non-hydrogen) atoms. The van der Waals surface area contributed by atoms with Crippen LogP contribution >= 0.6 is 11.3 Å². The van der Waals surface area contributed by atoms with Crippen LogP contribution in [0.25, 0.3) is 10.2 Å². The van der Waals surface area contributed by atoms with E-state index in [4.69, 9.17) is 0 Å². The summed E-state index contributed by atoms with van der Waals surface area (Å²) in [6.45, 7) is 1.30. The zero-order chi connectivity index (χ0) is 13.1. The maximum Gasteiger partial charge on any atom is 0.262 e. The van der Waals surface area contributed by atoms with E-state index in [0.717, 1.165) is 10.5 Å². The number of benzene rings is 1. The largest absolute Gasteiger partial charge is 0.383 e. The topological polar surface area (TPSA) is 46.9 Å². The molecule has 0 spiro atoms. The SMILES string of the molecule is O=c1c2ccsc2ncn1CCNc1ccccc1. The van der Waals surface area contributed by atoms with Crippen molar-refractivity contribution in [2.75, 3.05) is 11.9 Å². The Labute approximate surface area is 114 Å². The molecular formula is C14H13N3OS. The van der Waals surface area contributed by atoms with E-state index < -0.39 is 0 Å². The average Bonchev–Trinajstić information content (AvgIpc) is 2.92.